The van der Waals surface area contributed by atoms with Gasteiger partial charge in [0.25, 0.3) is 0 Å². The molecule has 0 saturated carbocycles. The zero-order valence-electron chi connectivity index (χ0n) is 18.6. The maximum atomic E-state index is 12.7. The van der Waals surface area contributed by atoms with Crippen molar-refractivity contribution in [3.63, 3.8) is 0 Å². The molecule has 0 aliphatic carbocycles. The lowest BCUT2D eigenvalue weighted by molar-refractivity contribution is -0.132. The van der Waals surface area contributed by atoms with Crippen molar-refractivity contribution in [2.45, 2.75) is 37.4 Å². The number of likely N-dealkylation sites (tertiary alicyclic amines) is 3. The monoisotopic (exact) mass is 420 g/mol. The molecule has 3 amide bonds. The molecule has 9 nitrogen and oxygen atoms in total. The van der Waals surface area contributed by atoms with Crippen LogP contribution < -0.4 is 0 Å². The van der Waals surface area contributed by atoms with E-state index in [1.807, 2.05) is 35.8 Å². The second-order valence-electron chi connectivity index (χ2n) is 9.30. The van der Waals surface area contributed by atoms with E-state index >= 15 is 0 Å². The highest BCUT2D eigenvalue weighted by atomic mass is 16.2. The predicted octanol–water partition coefficient (Wildman–Crippen LogP) is -1.40. The molecule has 0 aromatic rings. The molecule has 9 heteroatoms. The van der Waals surface area contributed by atoms with Crippen LogP contribution in [-0.4, -0.2) is 145 Å². The van der Waals surface area contributed by atoms with Crippen molar-refractivity contribution in [1.29, 1.82) is 0 Å². The van der Waals surface area contributed by atoms with Gasteiger partial charge in [-0.2, -0.15) is 0 Å². The summed E-state index contributed by atoms with van der Waals surface area (Å²) >= 11 is 0. The van der Waals surface area contributed by atoms with Crippen molar-refractivity contribution in [3.05, 3.63) is 0 Å². The Hall–Kier alpha value is -1.71. The Morgan fingerprint density at radius 1 is 0.467 bits per heavy atom. The molecular weight excluding hydrogens is 384 g/mol. The number of hydrogen-bond acceptors (Lipinski definition) is 6. The van der Waals surface area contributed by atoms with Crippen LogP contribution in [0.5, 0.6) is 0 Å². The average molecular weight is 421 g/mol. The fourth-order valence-electron chi connectivity index (χ4n) is 5.47. The van der Waals surface area contributed by atoms with Crippen LogP contribution in [0.3, 0.4) is 0 Å². The maximum Gasteiger partial charge on any atom is 0.239 e. The second kappa shape index (κ2) is 8.80. The molecule has 4 saturated heterocycles. The largest absolute Gasteiger partial charge is 0.344 e. The average Bonchev–Trinajstić information content (AvgIpc) is 3.37. The molecule has 0 aromatic carbocycles. The Kier molecular flexibility index (Phi) is 6.31. The number of hydrogen-bond donors (Lipinski definition) is 0. The molecule has 0 aromatic heterocycles. The van der Waals surface area contributed by atoms with Crippen LogP contribution in [0.4, 0.5) is 0 Å². The van der Waals surface area contributed by atoms with Gasteiger partial charge in [-0.3, -0.25) is 29.1 Å². The van der Waals surface area contributed by atoms with E-state index in [0.29, 0.717) is 0 Å². The van der Waals surface area contributed by atoms with Gasteiger partial charge in [0, 0.05) is 80.0 Å². The van der Waals surface area contributed by atoms with Crippen molar-refractivity contribution in [2.24, 2.45) is 0 Å². The van der Waals surface area contributed by atoms with Gasteiger partial charge in [-0.1, -0.05) is 0 Å². The first kappa shape index (κ1) is 21.5. The summed E-state index contributed by atoms with van der Waals surface area (Å²) in [6, 6.07) is -0.248. The SMILES string of the molecule is CN1CCC(N2CCN(C3CCN(C)C3=O)CCN(C3CCN(C)C3=O)CC2)C1=O. The number of carbonyl (C=O) groups excluding carboxylic acids is 3. The highest BCUT2D eigenvalue weighted by Crippen LogP contribution is 2.22. The van der Waals surface area contributed by atoms with Crippen LogP contribution in [0, 0.1) is 0 Å². The second-order valence-corrected chi connectivity index (χ2v) is 9.30. The molecule has 3 unspecified atom stereocenters. The zero-order chi connectivity index (χ0) is 21.4. The third-order valence-corrected chi connectivity index (χ3v) is 7.54. The van der Waals surface area contributed by atoms with Crippen molar-refractivity contribution < 1.29 is 14.4 Å². The van der Waals surface area contributed by atoms with E-state index in [2.05, 4.69) is 14.7 Å². The van der Waals surface area contributed by atoms with Crippen LogP contribution >= 0.6 is 0 Å². The van der Waals surface area contributed by atoms with Gasteiger partial charge < -0.3 is 14.7 Å². The van der Waals surface area contributed by atoms with E-state index in [1.54, 1.807) is 0 Å². The standard InChI is InChI=1S/C21H36N6O3/c1-22-7-4-16(19(22)28)25-10-12-26(17-5-8-23(2)20(17)29)14-15-27(13-11-25)18-6-9-24(3)21(18)30/h16-18H,4-15H2,1-3H3. The molecule has 4 heterocycles. The lowest BCUT2D eigenvalue weighted by Crippen LogP contribution is -2.48. The van der Waals surface area contributed by atoms with Crippen LogP contribution in [0.15, 0.2) is 0 Å². The third kappa shape index (κ3) is 4.07. The number of likely N-dealkylation sites (N-methyl/N-ethyl adjacent to an activating group) is 3. The Balaban J connectivity index is 1.53. The van der Waals surface area contributed by atoms with E-state index in [-0.39, 0.29) is 35.8 Å². The summed E-state index contributed by atoms with van der Waals surface area (Å²) in [7, 11) is 5.62. The normalized spacial score (nSPS) is 33.5. The molecule has 3 atom stereocenters. The smallest absolute Gasteiger partial charge is 0.239 e. The first-order chi connectivity index (χ1) is 14.4. The zero-order valence-corrected chi connectivity index (χ0v) is 18.6. The Labute approximate surface area is 179 Å². The van der Waals surface area contributed by atoms with Gasteiger partial charge in [0.05, 0.1) is 18.1 Å². The topological polar surface area (TPSA) is 70.7 Å². The fraction of sp³-hybridized carbons (Fsp3) is 0.857. The Morgan fingerprint density at radius 2 is 0.700 bits per heavy atom. The summed E-state index contributed by atoms with van der Waals surface area (Å²) in [5.41, 5.74) is 0. The molecule has 0 spiro atoms. The van der Waals surface area contributed by atoms with E-state index in [4.69, 9.17) is 0 Å². The Bertz CT molecular complexity index is 585. The van der Waals surface area contributed by atoms with Crippen molar-refractivity contribution in [2.75, 3.05) is 80.0 Å². The lowest BCUT2D eigenvalue weighted by Gasteiger charge is -2.31. The van der Waals surface area contributed by atoms with Crippen LogP contribution in [-0.2, 0) is 14.4 Å². The maximum absolute atomic E-state index is 12.7. The van der Waals surface area contributed by atoms with E-state index in [9.17, 15) is 14.4 Å². The summed E-state index contributed by atoms with van der Waals surface area (Å²) in [5.74, 6) is 0.585. The quantitative estimate of drug-likeness (QED) is 0.559. The van der Waals surface area contributed by atoms with Crippen LogP contribution in [0.1, 0.15) is 19.3 Å². The molecule has 4 fully saturated rings. The summed E-state index contributed by atoms with van der Waals surface area (Å²) in [6.07, 6.45) is 2.56. The summed E-state index contributed by atoms with van der Waals surface area (Å²) < 4.78 is 0. The van der Waals surface area contributed by atoms with Gasteiger partial charge >= 0.3 is 0 Å². The summed E-state index contributed by atoms with van der Waals surface area (Å²) in [4.78, 5) is 50.4. The van der Waals surface area contributed by atoms with Crippen molar-refractivity contribution >= 4 is 17.7 Å². The molecule has 168 valence electrons. The van der Waals surface area contributed by atoms with Gasteiger partial charge in [0.15, 0.2) is 0 Å². The minimum Gasteiger partial charge on any atom is -0.344 e. The van der Waals surface area contributed by atoms with Gasteiger partial charge in [0.1, 0.15) is 0 Å². The van der Waals surface area contributed by atoms with Crippen LogP contribution in [0.25, 0.3) is 0 Å². The van der Waals surface area contributed by atoms with Gasteiger partial charge in [-0.05, 0) is 19.3 Å². The first-order valence-corrected chi connectivity index (χ1v) is 11.3. The third-order valence-electron chi connectivity index (χ3n) is 7.54. The van der Waals surface area contributed by atoms with Gasteiger partial charge in [-0.25, -0.2) is 0 Å². The van der Waals surface area contributed by atoms with E-state index in [1.165, 1.54) is 0 Å². The highest BCUT2D eigenvalue weighted by Gasteiger charge is 2.40. The van der Waals surface area contributed by atoms with Crippen molar-refractivity contribution in [3.8, 4) is 0 Å². The van der Waals surface area contributed by atoms with E-state index in [0.717, 1.165) is 78.2 Å². The molecule has 4 aliphatic rings. The molecule has 4 aliphatic heterocycles. The molecule has 4 rings (SSSR count). The lowest BCUT2D eigenvalue weighted by atomic mass is 10.2. The number of carbonyl (C=O) groups is 3. The minimum absolute atomic E-state index is 0.0827. The van der Waals surface area contributed by atoms with Crippen molar-refractivity contribution in [1.82, 2.24) is 29.4 Å². The van der Waals surface area contributed by atoms with Crippen LogP contribution in [0.2, 0.25) is 0 Å². The highest BCUT2D eigenvalue weighted by molar-refractivity contribution is 5.84. The Morgan fingerprint density at radius 3 is 0.867 bits per heavy atom. The number of nitrogens with zero attached hydrogens (tertiary/aromatic N) is 6. The van der Waals surface area contributed by atoms with Gasteiger partial charge in [0.2, 0.25) is 17.7 Å². The molecular formula is C21H36N6O3. The minimum atomic E-state index is -0.0827. The molecule has 0 N–H and O–H groups in total. The summed E-state index contributed by atoms with van der Waals surface area (Å²) in [6.45, 7) is 7.08. The first-order valence-electron chi connectivity index (χ1n) is 11.3. The molecule has 0 radical (unpaired) electrons. The molecule has 30 heavy (non-hydrogen) atoms. The fourth-order valence-corrected chi connectivity index (χ4v) is 5.47. The summed E-state index contributed by atoms with van der Waals surface area (Å²) in [5, 5.41) is 0. The van der Waals surface area contributed by atoms with E-state index < -0.39 is 0 Å². The molecule has 0 bridgehead atoms. The number of rotatable bonds is 3. The predicted molar refractivity (Wildman–Crippen MR) is 113 cm³/mol. The van der Waals surface area contributed by atoms with Gasteiger partial charge in [-0.15, -0.1) is 0 Å². The number of amides is 3.